The third-order valence-corrected chi connectivity index (χ3v) is 6.27. The minimum Gasteiger partial charge on any atom is -0.351 e. The largest absolute Gasteiger partial charge is 0.351 e. The van der Waals surface area contributed by atoms with Gasteiger partial charge in [0.05, 0.1) is 11.4 Å². The average molecular weight is 391 g/mol. The molecule has 1 N–H and O–H groups in total. The zero-order valence-corrected chi connectivity index (χ0v) is 15.6. The number of rotatable bonds is 6. The number of sulfonamides is 1. The second-order valence-corrected chi connectivity index (χ2v) is 8.33. The van der Waals surface area contributed by atoms with E-state index in [0.717, 1.165) is 16.8 Å². The lowest BCUT2D eigenvalue weighted by Crippen LogP contribution is -2.36. The van der Waals surface area contributed by atoms with Gasteiger partial charge in [-0.15, -0.1) is 0 Å². The first-order chi connectivity index (χ1) is 12.5. The molecule has 2 aromatic rings. The molecule has 0 radical (unpaired) electrons. The Kier molecular flexibility index (Phi) is 5.64. The van der Waals surface area contributed by atoms with Crippen molar-refractivity contribution < 1.29 is 13.2 Å². The summed E-state index contributed by atoms with van der Waals surface area (Å²) in [4.78, 5) is 11.9. The van der Waals surface area contributed by atoms with Crippen molar-refractivity contribution in [2.24, 2.45) is 0 Å². The van der Waals surface area contributed by atoms with Crippen molar-refractivity contribution >= 4 is 39.3 Å². The summed E-state index contributed by atoms with van der Waals surface area (Å²) in [6, 6.07) is 14.6. The normalized spacial score (nSPS) is 13.8. The van der Waals surface area contributed by atoms with Crippen molar-refractivity contribution in [1.29, 1.82) is 0 Å². The molecule has 1 heterocycles. The number of halogens is 1. The molecule has 1 aliphatic heterocycles. The standard InChI is InChI=1S/C19H19ClN2O3S/c20-17-7-3-1-5-15(17)9-10-19(23)21-12-14-26(24,25)22-13-11-16-6-2-4-8-18(16)22/h1-10H,11-14H2,(H,21,23)/b10-9+. The molecule has 0 unspecified atom stereocenters. The topological polar surface area (TPSA) is 66.5 Å². The zero-order chi connectivity index (χ0) is 18.6. The fourth-order valence-corrected chi connectivity index (χ4v) is 4.47. The van der Waals surface area contributed by atoms with E-state index >= 15 is 0 Å². The fourth-order valence-electron chi connectivity index (χ4n) is 2.84. The van der Waals surface area contributed by atoms with Crippen LogP contribution in [0.15, 0.2) is 54.6 Å². The number of hydrogen-bond donors (Lipinski definition) is 1. The van der Waals surface area contributed by atoms with E-state index in [-0.39, 0.29) is 18.2 Å². The summed E-state index contributed by atoms with van der Waals surface area (Å²) < 4.78 is 26.5. The number of anilines is 1. The minimum atomic E-state index is -3.47. The van der Waals surface area contributed by atoms with E-state index in [1.807, 2.05) is 30.3 Å². The van der Waals surface area contributed by atoms with E-state index in [1.54, 1.807) is 24.3 Å². The molecule has 1 aliphatic rings. The molecule has 0 bridgehead atoms. The van der Waals surface area contributed by atoms with Crippen LogP contribution in [0.4, 0.5) is 5.69 Å². The van der Waals surface area contributed by atoms with E-state index in [4.69, 9.17) is 11.6 Å². The molecule has 0 aromatic heterocycles. The van der Waals surface area contributed by atoms with Crippen LogP contribution >= 0.6 is 11.6 Å². The third kappa shape index (κ3) is 4.26. The first kappa shape index (κ1) is 18.5. The molecule has 0 atom stereocenters. The van der Waals surface area contributed by atoms with Crippen LogP contribution < -0.4 is 9.62 Å². The van der Waals surface area contributed by atoms with Crippen molar-refractivity contribution in [3.63, 3.8) is 0 Å². The molecule has 0 spiro atoms. The molecule has 2 aromatic carbocycles. The van der Waals surface area contributed by atoms with Gasteiger partial charge in [-0.25, -0.2) is 8.42 Å². The maximum Gasteiger partial charge on any atom is 0.244 e. The van der Waals surface area contributed by atoms with Crippen molar-refractivity contribution in [2.45, 2.75) is 6.42 Å². The summed E-state index contributed by atoms with van der Waals surface area (Å²) in [6.45, 7) is 0.495. The van der Waals surface area contributed by atoms with E-state index in [1.165, 1.54) is 10.4 Å². The van der Waals surface area contributed by atoms with Crippen molar-refractivity contribution in [2.75, 3.05) is 23.1 Å². The van der Waals surface area contributed by atoms with Crippen LogP contribution in [0.1, 0.15) is 11.1 Å². The highest BCUT2D eigenvalue weighted by Gasteiger charge is 2.28. The number of benzene rings is 2. The molecule has 0 fully saturated rings. The van der Waals surface area contributed by atoms with Crippen LogP contribution in [0.2, 0.25) is 5.02 Å². The van der Waals surface area contributed by atoms with E-state index in [0.29, 0.717) is 18.0 Å². The van der Waals surface area contributed by atoms with E-state index in [9.17, 15) is 13.2 Å². The average Bonchev–Trinajstić information content (AvgIpc) is 3.06. The highest BCUT2D eigenvalue weighted by Crippen LogP contribution is 2.29. The predicted octanol–water partition coefficient (Wildman–Crippen LogP) is 2.86. The number of hydrogen-bond acceptors (Lipinski definition) is 3. The second kappa shape index (κ2) is 7.93. The van der Waals surface area contributed by atoms with Gasteiger partial charge in [-0.1, -0.05) is 48.0 Å². The molecule has 7 heteroatoms. The smallest absolute Gasteiger partial charge is 0.244 e. The van der Waals surface area contributed by atoms with Gasteiger partial charge in [0, 0.05) is 24.2 Å². The molecule has 0 aliphatic carbocycles. The lowest BCUT2D eigenvalue weighted by atomic mass is 10.2. The van der Waals surface area contributed by atoms with Gasteiger partial charge in [0.2, 0.25) is 15.9 Å². The Balaban J connectivity index is 1.54. The lowest BCUT2D eigenvalue weighted by Gasteiger charge is -2.19. The van der Waals surface area contributed by atoms with Crippen molar-refractivity contribution in [3.05, 3.63) is 70.8 Å². The van der Waals surface area contributed by atoms with E-state index in [2.05, 4.69) is 5.32 Å². The lowest BCUT2D eigenvalue weighted by molar-refractivity contribution is -0.116. The molecule has 5 nitrogen and oxygen atoms in total. The summed E-state index contributed by atoms with van der Waals surface area (Å²) >= 11 is 6.02. The minimum absolute atomic E-state index is 0.0483. The van der Waals surface area contributed by atoms with Gasteiger partial charge in [-0.3, -0.25) is 9.10 Å². The first-order valence-electron chi connectivity index (χ1n) is 8.26. The zero-order valence-electron chi connectivity index (χ0n) is 14.1. The van der Waals surface area contributed by atoms with Crippen LogP contribution in [0.5, 0.6) is 0 Å². The Morgan fingerprint density at radius 1 is 1.15 bits per heavy atom. The number of amides is 1. The Labute approximate surface area is 158 Å². The SMILES string of the molecule is O=C(/C=C/c1ccccc1Cl)NCCS(=O)(=O)N1CCc2ccccc21. The maximum atomic E-state index is 12.5. The molecule has 136 valence electrons. The molecule has 0 saturated heterocycles. The summed E-state index contributed by atoms with van der Waals surface area (Å²) in [7, 11) is -3.47. The number of nitrogens with zero attached hydrogens (tertiary/aromatic N) is 1. The highest BCUT2D eigenvalue weighted by molar-refractivity contribution is 7.92. The predicted molar refractivity (Wildman–Crippen MR) is 105 cm³/mol. The number of carbonyl (C=O) groups is 1. The quantitative estimate of drug-likeness (QED) is 0.771. The monoisotopic (exact) mass is 390 g/mol. The van der Waals surface area contributed by atoms with Crippen LogP contribution in [-0.2, 0) is 21.2 Å². The van der Waals surface area contributed by atoms with Crippen LogP contribution in [-0.4, -0.2) is 33.2 Å². The maximum absolute atomic E-state index is 12.5. The van der Waals surface area contributed by atoms with Crippen LogP contribution in [0.25, 0.3) is 6.08 Å². The second-order valence-electron chi connectivity index (χ2n) is 5.91. The Bertz CT molecular complexity index is 941. The van der Waals surface area contributed by atoms with Gasteiger partial charge in [0.15, 0.2) is 0 Å². The molecular weight excluding hydrogens is 372 g/mol. The number of fused-ring (bicyclic) bond motifs is 1. The number of carbonyl (C=O) groups excluding carboxylic acids is 1. The van der Waals surface area contributed by atoms with Crippen LogP contribution in [0.3, 0.4) is 0 Å². The van der Waals surface area contributed by atoms with Gasteiger partial charge in [-0.05, 0) is 35.8 Å². The van der Waals surface area contributed by atoms with Crippen LogP contribution in [0, 0.1) is 0 Å². The molecule has 3 rings (SSSR count). The Hall–Kier alpha value is -2.31. The molecule has 0 saturated carbocycles. The molecule has 1 amide bonds. The Morgan fingerprint density at radius 2 is 1.88 bits per heavy atom. The fraction of sp³-hybridized carbons (Fsp3) is 0.211. The third-order valence-electron chi connectivity index (χ3n) is 4.16. The number of para-hydroxylation sites is 1. The highest BCUT2D eigenvalue weighted by atomic mass is 35.5. The van der Waals surface area contributed by atoms with Crippen molar-refractivity contribution in [1.82, 2.24) is 5.32 Å². The van der Waals surface area contributed by atoms with Gasteiger partial charge in [-0.2, -0.15) is 0 Å². The molecule has 26 heavy (non-hydrogen) atoms. The first-order valence-corrected chi connectivity index (χ1v) is 10.2. The summed E-state index contributed by atoms with van der Waals surface area (Å²) in [5.74, 6) is -0.505. The van der Waals surface area contributed by atoms with Gasteiger partial charge in [0.1, 0.15) is 0 Å². The molecular formula is C19H19ClN2O3S. The van der Waals surface area contributed by atoms with Gasteiger partial charge in [0.25, 0.3) is 0 Å². The van der Waals surface area contributed by atoms with Gasteiger partial charge < -0.3 is 5.32 Å². The Morgan fingerprint density at radius 3 is 2.69 bits per heavy atom. The van der Waals surface area contributed by atoms with Crippen molar-refractivity contribution in [3.8, 4) is 0 Å². The van der Waals surface area contributed by atoms with Gasteiger partial charge >= 0.3 is 0 Å². The van der Waals surface area contributed by atoms with E-state index < -0.39 is 10.0 Å². The summed E-state index contributed by atoms with van der Waals surface area (Å²) in [6.07, 6.45) is 3.66. The summed E-state index contributed by atoms with van der Waals surface area (Å²) in [5, 5.41) is 3.15. The number of nitrogens with one attached hydrogen (secondary N) is 1. The summed E-state index contributed by atoms with van der Waals surface area (Å²) in [5.41, 5.74) is 2.49.